The van der Waals surface area contributed by atoms with Crippen LogP contribution >= 0.6 is 11.6 Å². The standard InChI is InChI=1S/C17H15ClF3NO2/c1-16(2,24-12-9-7-11(18)8-10-12)15(23)22-14-6-4-3-5-13(14)17(19,20)21/h3-10H,1-2H3,(H,22,23). The number of ether oxygens (including phenoxy) is 1. The SMILES string of the molecule is CC(C)(Oc1ccc(Cl)cc1)C(=O)Nc1ccccc1C(F)(F)F. The number of anilines is 1. The molecule has 0 spiro atoms. The molecule has 1 N–H and O–H groups in total. The van der Waals surface area contributed by atoms with Crippen molar-refractivity contribution in [3.05, 3.63) is 59.1 Å². The van der Waals surface area contributed by atoms with Crippen LogP contribution in [0.2, 0.25) is 5.02 Å². The summed E-state index contributed by atoms with van der Waals surface area (Å²) in [6.45, 7) is 2.93. The molecule has 0 heterocycles. The summed E-state index contributed by atoms with van der Waals surface area (Å²) in [5.74, 6) is -0.321. The number of hydrogen-bond donors (Lipinski definition) is 1. The van der Waals surface area contributed by atoms with Gasteiger partial charge in [-0.2, -0.15) is 13.2 Å². The Morgan fingerprint density at radius 3 is 2.21 bits per heavy atom. The van der Waals surface area contributed by atoms with Gasteiger partial charge in [-0.25, -0.2) is 0 Å². The lowest BCUT2D eigenvalue weighted by atomic mass is 10.1. The van der Waals surface area contributed by atoms with Gasteiger partial charge < -0.3 is 10.1 Å². The van der Waals surface area contributed by atoms with Crippen LogP contribution in [-0.4, -0.2) is 11.5 Å². The minimum Gasteiger partial charge on any atom is -0.478 e. The summed E-state index contributed by atoms with van der Waals surface area (Å²) in [5, 5.41) is 2.78. The number of para-hydroxylation sites is 1. The third-order valence-corrected chi connectivity index (χ3v) is 3.47. The molecule has 0 radical (unpaired) electrons. The topological polar surface area (TPSA) is 38.3 Å². The van der Waals surface area contributed by atoms with Gasteiger partial charge in [0.15, 0.2) is 5.60 Å². The van der Waals surface area contributed by atoms with Gasteiger partial charge in [0, 0.05) is 5.02 Å². The van der Waals surface area contributed by atoms with Crippen molar-refractivity contribution in [2.24, 2.45) is 0 Å². The maximum Gasteiger partial charge on any atom is 0.418 e. The molecule has 128 valence electrons. The van der Waals surface area contributed by atoms with Crippen LogP contribution in [0.1, 0.15) is 19.4 Å². The molecule has 0 aliphatic carbocycles. The van der Waals surface area contributed by atoms with Crippen LogP contribution in [0.25, 0.3) is 0 Å². The monoisotopic (exact) mass is 357 g/mol. The predicted octanol–water partition coefficient (Wildman–Crippen LogP) is 5.15. The number of halogens is 4. The lowest BCUT2D eigenvalue weighted by molar-refractivity contribution is -0.137. The zero-order valence-corrected chi connectivity index (χ0v) is 13.7. The summed E-state index contributed by atoms with van der Waals surface area (Å²) < 4.78 is 44.5. The van der Waals surface area contributed by atoms with Crippen molar-refractivity contribution in [1.82, 2.24) is 0 Å². The second-order valence-corrected chi connectivity index (χ2v) is 6.00. The highest BCUT2D eigenvalue weighted by atomic mass is 35.5. The summed E-state index contributed by atoms with van der Waals surface area (Å²) in [6.07, 6.45) is -4.56. The molecule has 0 saturated carbocycles. The Balaban J connectivity index is 2.18. The van der Waals surface area contributed by atoms with Gasteiger partial charge in [0.05, 0.1) is 11.3 Å². The highest BCUT2D eigenvalue weighted by Crippen LogP contribution is 2.35. The lowest BCUT2D eigenvalue weighted by Crippen LogP contribution is -2.42. The average molecular weight is 358 g/mol. The summed E-state index contributed by atoms with van der Waals surface area (Å²) in [4.78, 5) is 12.4. The van der Waals surface area contributed by atoms with E-state index in [1.54, 1.807) is 24.3 Å². The van der Waals surface area contributed by atoms with Gasteiger partial charge in [-0.3, -0.25) is 4.79 Å². The second kappa shape index (κ2) is 6.73. The Kier molecular flexibility index (Phi) is 5.08. The van der Waals surface area contributed by atoms with Gasteiger partial charge in [0.2, 0.25) is 0 Å². The Morgan fingerprint density at radius 1 is 1.04 bits per heavy atom. The first-order valence-corrected chi connectivity index (χ1v) is 7.39. The molecule has 1 amide bonds. The van der Waals surface area contributed by atoms with Crippen molar-refractivity contribution < 1.29 is 22.7 Å². The molecule has 0 bridgehead atoms. The van der Waals surface area contributed by atoms with Gasteiger partial charge in [-0.15, -0.1) is 0 Å². The van der Waals surface area contributed by atoms with Gasteiger partial charge >= 0.3 is 6.18 Å². The first kappa shape index (κ1) is 18.1. The van der Waals surface area contributed by atoms with Crippen LogP contribution in [0, 0.1) is 0 Å². The van der Waals surface area contributed by atoms with E-state index in [-0.39, 0.29) is 5.69 Å². The van der Waals surface area contributed by atoms with Crippen molar-refractivity contribution in [3.63, 3.8) is 0 Å². The highest BCUT2D eigenvalue weighted by molar-refractivity contribution is 6.30. The number of carbonyl (C=O) groups excluding carboxylic acids is 1. The van der Waals surface area contributed by atoms with Gasteiger partial charge in [0.25, 0.3) is 5.91 Å². The smallest absolute Gasteiger partial charge is 0.418 e. The zero-order valence-electron chi connectivity index (χ0n) is 12.9. The summed E-state index contributed by atoms with van der Waals surface area (Å²) in [5.41, 5.74) is -2.62. The predicted molar refractivity (Wildman–Crippen MR) is 86.2 cm³/mol. The molecule has 2 aromatic carbocycles. The van der Waals surface area contributed by atoms with E-state index in [9.17, 15) is 18.0 Å². The molecule has 2 aromatic rings. The number of hydrogen-bond acceptors (Lipinski definition) is 2. The molecule has 0 atom stereocenters. The average Bonchev–Trinajstić information content (AvgIpc) is 2.49. The Bertz CT molecular complexity index is 727. The first-order chi connectivity index (χ1) is 11.1. The maximum absolute atomic E-state index is 13.0. The number of benzene rings is 2. The van der Waals surface area contributed by atoms with Crippen LogP contribution in [0.5, 0.6) is 5.75 Å². The normalized spacial score (nSPS) is 11.9. The quantitative estimate of drug-likeness (QED) is 0.821. The van der Waals surface area contributed by atoms with E-state index < -0.39 is 23.2 Å². The number of alkyl halides is 3. The van der Waals surface area contributed by atoms with E-state index in [1.165, 1.54) is 32.0 Å². The van der Waals surface area contributed by atoms with Crippen molar-refractivity contribution in [1.29, 1.82) is 0 Å². The largest absolute Gasteiger partial charge is 0.478 e. The van der Waals surface area contributed by atoms with E-state index in [4.69, 9.17) is 16.3 Å². The van der Waals surface area contributed by atoms with Crippen molar-refractivity contribution in [3.8, 4) is 5.75 Å². The molecule has 0 fully saturated rings. The molecule has 0 aliphatic heterocycles. The third-order valence-electron chi connectivity index (χ3n) is 3.21. The minimum atomic E-state index is -4.56. The molecule has 0 unspecified atom stereocenters. The molecule has 24 heavy (non-hydrogen) atoms. The fraction of sp³-hybridized carbons (Fsp3) is 0.235. The molecule has 7 heteroatoms. The van der Waals surface area contributed by atoms with Crippen LogP contribution < -0.4 is 10.1 Å². The lowest BCUT2D eigenvalue weighted by Gasteiger charge is -2.26. The summed E-state index contributed by atoms with van der Waals surface area (Å²) in [7, 11) is 0. The summed E-state index contributed by atoms with van der Waals surface area (Å²) in [6, 6.07) is 11.1. The molecule has 0 aliphatic rings. The van der Waals surface area contributed by atoms with Crippen LogP contribution in [0.15, 0.2) is 48.5 Å². The summed E-state index contributed by atoms with van der Waals surface area (Å²) >= 11 is 5.77. The Morgan fingerprint density at radius 2 is 1.62 bits per heavy atom. The maximum atomic E-state index is 13.0. The van der Waals surface area contributed by atoms with E-state index in [1.807, 2.05) is 0 Å². The zero-order chi connectivity index (χ0) is 18.0. The number of nitrogens with one attached hydrogen (secondary N) is 1. The van der Waals surface area contributed by atoms with Crippen LogP contribution in [0.4, 0.5) is 18.9 Å². The fourth-order valence-corrected chi connectivity index (χ4v) is 2.08. The fourth-order valence-electron chi connectivity index (χ4n) is 1.96. The molecule has 0 aromatic heterocycles. The van der Waals surface area contributed by atoms with Crippen molar-refractivity contribution in [2.45, 2.75) is 25.6 Å². The number of rotatable bonds is 4. The van der Waals surface area contributed by atoms with Gasteiger partial charge in [-0.05, 0) is 50.2 Å². The molecule has 0 saturated heterocycles. The Labute approximate surface area is 142 Å². The molecule has 3 nitrogen and oxygen atoms in total. The molecule has 2 rings (SSSR count). The second-order valence-electron chi connectivity index (χ2n) is 5.56. The molecular formula is C17H15ClF3NO2. The van der Waals surface area contributed by atoms with Gasteiger partial charge in [0.1, 0.15) is 5.75 Å². The number of carbonyl (C=O) groups is 1. The van der Waals surface area contributed by atoms with Crippen molar-refractivity contribution in [2.75, 3.05) is 5.32 Å². The van der Waals surface area contributed by atoms with Gasteiger partial charge in [-0.1, -0.05) is 23.7 Å². The van der Waals surface area contributed by atoms with E-state index in [0.717, 1.165) is 6.07 Å². The number of amides is 1. The van der Waals surface area contributed by atoms with Crippen molar-refractivity contribution >= 4 is 23.2 Å². The molecular weight excluding hydrogens is 343 g/mol. The first-order valence-electron chi connectivity index (χ1n) is 7.02. The van der Waals surface area contributed by atoms with Crippen LogP contribution in [0.3, 0.4) is 0 Å². The van der Waals surface area contributed by atoms with E-state index in [0.29, 0.717) is 10.8 Å². The minimum absolute atomic E-state index is 0.317. The van der Waals surface area contributed by atoms with E-state index in [2.05, 4.69) is 5.32 Å². The highest BCUT2D eigenvalue weighted by Gasteiger charge is 2.36. The van der Waals surface area contributed by atoms with E-state index >= 15 is 0 Å². The Hall–Kier alpha value is -2.21. The van der Waals surface area contributed by atoms with Crippen LogP contribution in [-0.2, 0) is 11.0 Å². The third kappa shape index (κ3) is 4.41.